The molecule has 3 rings (SSSR count). The molecule has 136 valence electrons. The summed E-state index contributed by atoms with van der Waals surface area (Å²) in [5.41, 5.74) is 1.88. The normalized spacial score (nSPS) is 11.1. The van der Waals surface area contributed by atoms with Gasteiger partial charge in [0.2, 0.25) is 5.88 Å². The lowest BCUT2D eigenvalue weighted by molar-refractivity contribution is -0.0524. The predicted octanol–water partition coefficient (Wildman–Crippen LogP) is 4.60. The zero-order chi connectivity index (χ0) is 18.5. The molecule has 3 aromatic rings. The maximum absolute atomic E-state index is 12.7. The van der Waals surface area contributed by atoms with Crippen molar-refractivity contribution < 1.29 is 13.5 Å². The fourth-order valence-electron chi connectivity index (χ4n) is 2.56. The summed E-state index contributed by atoms with van der Waals surface area (Å²) in [5.74, 6) is 0.629. The molecule has 0 atom stereocenters. The Hall–Kier alpha value is -2.54. The summed E-state index contributed by atoms with van der Waals surface area (Å²) in [6.07, 6.45) is 4.91. The van der Waals surface area contributed by atoms with Gasteiger partial charge in [0.15, 0.2) is 5.82 Å². The van der Waals surface area contributed by atoms with Crippen LogP contribution in [0.2, 0.25) is 5.02 Å². The van der Waals surface area contributed by atoms with Crippen LogP contribution in [0.25, 0.3) is 11.1 Å². The van der Waals surface area contributed by atoms with Gasteiger partial charge < -0.3 is 4.74 Å². The van der Waals surface area contributed by atoms with Crippen LogP contribution in [0.5, 0.6) is 5.88 Å². The first kappa shape index (κ1) is 18.3. The molecule has 5 nitrogen and oxygen atoms in total. The van der Waals surface area contributed by atoms with E-state index >= 15 is 0 Å². The van der Waals surface area contributed by atoms with Crippen LogP contribution < -0.4 is 4.74 Å². The van der Waals surface area contributed by atoms with Crippen LogP contribution in [-0.4, -0.2) is 26.4 Å². The molecule has 0 bridgehead atoms. The minimum Gasteiger partial charge on any atom is -0.416 e. The van der Waals surface area contributed by atoms with Crippen molar-refractivity contribution in [2.45, 2.75) is 32.9 Å². The molecule has 0 saturated heterocycles. The number of aryl methyl sites for hydroxylation is 1. The van der Waals surface area contributed by atoms with Crippen LogP contribution >= 0.6 is 11.6 Å². The van der Waals surface area contributed by atoms with Gasteiger partial charge in [0.1, 0.15) is 6.33 Å². The highest BCUT2D eigenvalue weighted by molar-refractivity contribution is 6.30. The summed E-state index contributed by atoms with van der Waals surface area (Å²) in [4.78, 5) is 8.30. The van der Waals surface area contributed by atoms with Gasteiger partial charge in [-0.2, -0.15) is 13.9 Å². The van der Waals surface area contributed by atoms with Crippen molar-refractivity contribution in [1.82, 2.24) is 19.7 Å². The van der Waals surface area contributed by atoms with Crippen molar-refractivity contribution in [2.75, 3.05) is 0 Å². The highest BCUT2D eigenvalue weighted by atomic mass is 35.5. The number of hydrogen-bond donors (Lipinski definition) is 0. The van der Waals surface area contributed by atoms with Gasteiger partial charge >= 0.3 is 6.61 Å². The van der Waals surface area contributed by atoms with E-state index in [4.69, 9.17) is 11.6 Å². The van der Waals surface area contributed by atoms with E-state index in [2.05, 4.69) is 26.7 Å². The van der Waals surface area contributed by atoms with Gasteiger partial charge in [-0.3, -0.25) is 0 Å². The molecule has 2 heterocycles. The molecule has 0 aliphatic heterocycles. The lowest BCUT2D eigenvalue weighted by Crippen LogP contribution is -2.07. The average Bonchev–Trinajstić information content (AvgIpc) is 3.03. The maximum Gasteiger partial charge on any atom is 0.388 e. The molecule has 26 heavy (non-hydrogen) atoms. The van der Waals surface area contributed by atoms with Crippen LogP contribution in [0, 0.1) is 0 Å². The number of ether oxygens (including phenoxy) is 1. The first-order valence-electron chi connectivity index (χ1n) is 8.13. The molecule has 1 aromatic carbocycles. The maximum atomic E-state index is 12.7. The number of nitrogens with zero attached hydrogens (tertiary/aromatic N) is 4. The molecule has 2 aromatic heterocycles. The number of aromatic nitrogens is 4. The van der Waals surface area contributed by atoms with Gasteiger partial charge in [-0.1, -0.05) is 30.7 Å². The summed E-state index contributed by atoms with van der Waals surface area (Å²) < 4.78 is 31.7. The Balaban J connectivity index is 1.93. The molecule has 8 heteroatoms. The van der Waals surface area contributed by atoms with Crippen molar-refractivity contribution in [3.05, 3.63) is 59.3 Å². The van der Waals surface area contributed by atoms with E-state index < -0.39 is 6.61 Å². The third kappa shape index (κ3) is 4.54. The second-order valence-electron chi connectivity index (χ2n) is 5.69. The number of hydrogen-bond acceptors (Lipinski definition) is 4. The zero-order valence-corrected chi connectivity index (χ0v) is 14.8. The fourth-order valence-corrected chi connectivity index (χ4v) is 2.75. The van der Waals surface area contributed by atoms with Gasteiger partial charge in [0.05, 0.1) is 6.54 Å². The van der Waals surface area contributed by atoms with Crippen molar-refractivity contribution in [3.8, 4) is 17.0 Å². The standard InChI is InChI=1S/C18H17ClF2N4O/c1-2-4-16-23-11-25(24-16)10-12-7-15(13-5-3-6-14(19)8-13)17(22-9-12)26-18(20)21/h3,5-9,11,18H,2,4,10H2,1H3. The first-order valence-corrected chi connectivity index (χ1v) is 8.51. The number of alkyl halides is 2. The number of halogens is 3. The number of pyridine rings is 1. The monoisotopic (exact) mass is 378 g/mol. The molecular weight excluding hydrogens is 362 g/mol. The number of rotatable bonds is 7. The highest BCUT2D eigenvalue weighted by Gasteiger charge is 2.15. The second-order valence-corrected chi connectivity index (χ2v) is 6.13. The molecule has 0 unspecified atom stereocenters. The van der Waals surface area contributed by atoms with Gasteiger partial charge in [-0.15, -0.1) is 0 Å². The fraction of sp³-hybridized carbons (Fsp3) is 0.278. The van der Waals surface area contributed by atoms with Crippen molar-refractivity contribution in [2.24, 2.45) is 0 Å². The Bertz CT molecular complexity index is 885. The molecule has 0 N–H and O–H groups in total. The van der Waals surface area contributed by atoms with Crippen LogP contribution in [0.15, 0.2) is 42.9 Å². The average molecular weight is 379 g/mol. The molecule has 0 amide bonds. The zero-order valence-electron chi connectivity index (χ0n) is 14.1. The Morgan fingerprint density at radius 1 is 1.23 bits per heavy atom. The number of benzene rings is 1. The third-order valence-corrected chi connectivity index (χ3v) is 3.88. The molecule has 0 fully saturated rings. The summed E-state index contributed by atoms with van der Waals surface area (Å²) in [7, 11) is 0. The second kappa shape index (κ2) is 8.23. The Labute approximate surface area is 154 Å². The minimum absolute atomic E-state index is 0.142. The van der Waals surface area contributed by atoms with E-state index in [0.717, 1.165) is 24.2 Å². The quantitative estimate of drug-likeness (QED) is 0.603. The molecule has 0 aliphatic carbocycles. The SMILES string of the molecule is CCCc1ncn(Cc2cnc(OC(F)F)c(-c3cccc(Cl)c3)c2)n1. The van der Waals surface area contributed by atoms with Gasteiger partial charge in [0, 0.05) is 23.2 Å². The lowest BCUT2D eigenvalue weighted by atomic mass is 10.1. The van der Waals surface area contributed by atoms with Crippen LogP contribution in [-0.2, 0) is 13.0 Å². The molecule has 0 saturated carbocycles. The largest absolute Gasteiger partial charge is 0.416 e. The molecule has 0 spiro atoms. The van der Waals surface area contributed by atoms with E-state index in [1.54, 1.807) is 41.3 Å². The van der Waals surface area contributed by atoms with Crippen molar-refractivity contribution in [3.63, 3.8) is 0 Å². The third-order valence-electron chi connectivity index (χ3n) is 3.65. The van der Waals surface area contributed by atoms with Gasteiger partial charge in [-0.05, 0) is 35.7 Å². The van der Waals surface area contributed by atoms with Crippen LogP contribution in [0.3, 0.4) is 0 Å². The predicted molar refractivity (Wildman–Crippen MR) is 94.4 cm³/mol. The van der Waals surface area contributed by atoms with E-state index in [1.807, 2.05) is 0 Å². The molecule has 0 aliphatic rings. The highest BCUT2D eigenvalue weighted by Crippen LogP contribution is 2.31. The minimum atomic E-state index is -2.96. The first-order chi connectivity index (χ1) is 12.5. The van der Waals surface area contributed by atoms with Gasteiger partial charge in [0.25, 0.3) is 0 Å². The summed E-state index contributed by atoms with van der Waals surface area (Å²) >= 11 is 6.02. The Kier molecular flexibility index (Phi) is 5.78. The Morgan fingerprint density at radius 2 is 2.08 bits per heavy atom. The summed E-state index contributed by atoms with van der Waals surface area (Å²) in [6.45, 7) is -0.478. The van der Waals surface area contributed by atoms with E-state index in [9.17, 15) is 8.78 Å². The van der Waals surface area contributed by atoms with E-state index in [1.165, 1.54) is 6.20 Å². The lowest BCUT2D eigenvalue weighted by Gasteiger charge is -2.12. The van der Waals surface area contributed by atoms with Crippen LogP contribution in [0.1, 0.15) is 24.7 Å². The van der Waals surface area contributed by atoms with Gasteiger partial charge in [-0.25, -0.2) is 14.6 Å². The van der Waals surface area contributed by atoms with Crippen molar-refractivity contribution in [1.29, 1.82) is 0 Å². The molecular formula is C18H17ClF2N4O. The molecule has 0 radical (unpaired) electrons. The van der Waals surface area contributed by atoms with Crippen LogP contribution in [0.4, 0.5) is 8.78 Å². The summed E-state index contributed by atoms with van der Waals surface area (Å²) in [6, 6.07) is 8.64. The summed E-state index contributed by atoms with van der Waals surface area (Å²) in [5, 5.41) is 4.88. The Morgan fingerprint density at radius 3 is 2.81 bits per heavy atom. The van der Waals surface area contributed by atoms with Crippen molar-refractivity contribution >= 4 is 11.6 Å². The van der Waals surface area contributed by atoms with E-state index in [0.29, 0.717) is 22.7 Å². The topological polar surface area (TPSA) is 52.8 Å². The smallest absolute Gasteiger partial charge is 0.388 e. The van der Waals surface area contributed by atoms with E-state index in [-0.39, 0.29) is 5.88 Å².